The van der Waals surface area contributed by atoms with Crippen molar-refractivity contribution in [1.29, 1.82) is 0 Å². The van der Waals surface area contributed by atoms with E-state index < -0.39 is 0 Å². The van der Waals surface area contributed by atoms with Crippen molar-refractivity contribution in [3.63, 3.8) is 0 Å². The minimum atomic E-state index is -0.115. The molecule has 2 rings (SSSR count). The fourth-order valence-electron chi connectivity index (χ4n) is 1.99. The zero-order chi connectivity index (χ0) is 11.1. The summed E-state index contributed by atoms with van der Waals surface area (Å²) in [5, 5.41) is 3.43. The van der Waals surface area contributed by atoms with Crippen LogP contribution in [-0.2, 0) is 4.74 Å². The van der Waals surface area contributed by atoms with Crippen LogP contribution in [0.3, 0.4) is 0 Å². The number of morpholine rings is 1. The number of aromatic nitrogens is 1. The highest BCUT2D eigenvalue weighted by Crippen LogP contribution is 2.29. The van der Waals surface area contributed by atoms with Crippen molar-refractivity contribution < 1.29 is 4.74 Å². The Labute approximate surface area is 99.0 Å². The third kappa shape index (κ3) is 2.62. The first kappa shape index (κ1) is 11.2. The molecule has 0 N–H and O–H groups in total. The molecule has 1 aromatic rings. The number of thiazole rings is 1. The molecule has 0 radical (unpaired) electrons. The van der Waals surface area contributed by atoms with Crippen molar-refractivity contribution in [3.05, 3.63) is 10.5 Å². The average Bonchev–Trinajstić information content (AvgIpc) is 2.48. The van der Waals surface area contributed by atoms with Crippen molar-refractivity contribution in [3.8, 4) is 0 Å². The Hall–Kier alpha value is -0.320. The molecule has 1 aliphatic heterocycles. The Morgan fingerprint density at radius 3 is 2.93 bits per heavy atom. The van der Waals surface area contributed by atoms with Gasteiger partial charge in [0.05, 0.1) is 11.7 Å². The predicted molar refractivity (Wildman–Crippen MR) is 64.0 cm³/mol. The maximum absolute atomic E-state index is 5.83. The molecule has 1 unspecified atom stereocenters. The van der Waals surface area contributed by atoms with E-state index in [1.54, 1.807) is 11.3 Å². The standard InChI is InChI=1S/C10H15ClN2OS/c1-7-4-13(6-10(2,3)14-7)9-12-8(11)5-15-9/h5,7H,4,6H2,1-3H3. The minimum Gasteiger partial charge on any atom is -0.369 e. The van der Waals surface area contributed by atoms with E-state index in [-0.39, 0.29) is 11.7 Å². The number of hydrogen-bond donors (Lipinski definition) is 0. The van der Waals surface area contributed by atoms with Gasteiger partial charge in [-0.25, -0.2) is 4.98 Å². The van der Waals surface area contributed by atoms with Crippen LogP contribution in [0.2, 0.25) is 5.15 Å². The van der Waals surface area contributed by atoms with E-state index in [1.807, 2.05) is 5.38 Å². The highest BCUT2D eigenvalue weighted by molar-refractivity contribution is 7.14. The molecule has 1 aromatic heterocycles. The lowest BCUT2D eigenvalue weighted by Crippen LogP contribution is -2.52. The second-order valence-corrected chi connectivity index (χ2v) is 5.75. The monoisotopic (exact) mass is 246 g/mol. The van der Waals surface area contributed by atoms with Gasteiger partial charge in [-0.15, -0.1) is 11.3 Å². The molecule has 1 fully saturated rings. The maximum Gasteiger partial charge on any atom is 0.186 e. The molecule has 2 heterocycles. The van der Waals surface area contributed by atoms with E-state index in [4.69, 9.17) is 16.3 Å². The first-order valence-electron chi connectivity index (χ1n) is 5.00. The molecular weight excluding hydrogens is 232 g/mol. The lowest BCUT2D eigenvalue weighted by molar-refractivity contribution is -0.0749. The van der Waals surface area contributed by atoms with E-state index in [0.717, 1.165) is 18.2 Å². The molecule has 84 valence electrons. The number of rotatable bonds is 1. The summed E-state index contributed by atoms with van der Waals surface area (Å²) in [5.41, 5.74) is -0.115. The second kappa shape index (κ2) is 3.92. The number of halogens is 1. The van der Waals surface area contributed by atoms with Gasteiger partial charge in [-0.1, -0.05) is 11.6 Å². The highest BCUT2D eigenvalue weighted by Gasteiger charge is 2.32. The van der Waals surface area contributed by atoms with Crippen LogP contribution < -0.4 is 4.90 Å². The van der Waals surface area contributed by atoms with Gasteiger partial charge >= 0.3 is 0 Å². The normalized spacial score (nSPS) is 25.6. The molecular formula is C10H15ClN2OS. The van der Waals surface area contributed by atoms with Crippen molar-refractivity contribution in [1.82, 2.24) is 4.98 Å². The Bertz CT molecular complexity index is 353. The lowest BCUT2D eigenvalue weighted by atomic mass is 10.1. The van der Waals surface area contributed by atoms with Crippen LogP contribution in [-0.4, -0.2) is 29.8 Å². The van der Waals surface area contributed by atoms with Gasteiger partial charge in [0.2, 0.25) is 0 Å². The van der Waals surface area contributed by atoms with E-state index in [1.165, 1.54) is 0 Å². The number of anilines is 1. The average molecular weight is 247 g/mol. The Morgan fingerprint density at radius 2 is 2.40 bits per heavy atom. The van der Waals surface area contributed by atoms with E-state index in [9.17, 15) is 0 Å². The smallest absolute Gasteiger partial charge is 0.186 e. The van der Waals surface area contributed by atoms with Gasteiger partial charge in [-0.2, -0.15) is 0 Å². The molecule has 0 amide bonds. The molecule has 0 spiro atoms. The van der Waals surface area contributed by atoms with Crippen LogP contribution in [0.25, 0.3) is 0 Å². The molecule has 0 bridgehead atoms. The first-order valence-corrected chi connectivity index (χ1v) is 6.26. The zero-order valence-corrected chi connectivity index (χ0v) is 10.7. The largest absolute Gasteiger partial charge is 0.369 e. The van der Waals surface area contributed by atoms with Gasteiger partial charge in [0.1, 0.15) is 5.15 Å². The van der Waals surface area contributed by atoms with Crippen LogP contribution in [0.4, 0.5) is 5.13 Å². The quantitative estimate of drug-likeness (QED) is 0.762. The van der Waals surface area contributed by atoms with Gasteiger partial charge < -0.3 is 9.64 Å². The van der Waals surface area contributed by atoms with Crippen molar-refractivity contribution >= 4 is 28.1 Å². The van der Waals surface area contributed by atoms with Gasteiger partial charge in [0, 0.05) is 18.5 Å². The molecule has 1 atom stereocenters. The zero-order valence-electron chi connectivity index (χ0n) is 9.16. The molecule has 1 aliphatic rings. The molecule has 15 heavy (non-hydrogen) atoms. The molecule has 0 aliphatic carbocycles. The van der Waals surface area contributed by atoms with Crippen LogP contribution in [0.1, 0.15) is 20.8 Å². The van der Waals surface area contributed by atoms with Gasteiger partial charge in [-0.3, -0.25) is 0 Å². The fourth-order valence-corrected chi connectivity index (χ4v) is 2.95. The molecule has 5 heteroatoms. The third-order valence-corrected chi connectivity index (χ3v) is 3.53. The van der Waals surface area contributed by atoms with Crippen LogP contribution in [0.15, 0.2) is 5.38 Å². The summed E-state index contributed by atoms with van der Waals surface area (Å²) in [4.78, 5) is 6.53. The third-order valence-electron chi connectivity index (χ3n) is 2.30. The van der Waals surface area contributed by atoms with Crippen molar-refractivity contribution in [2.75, 3.05) is 18.0 Å². The summed E-state index contributed by atoms with van der Waals surface area (Å²) in [7, 11) is 0. The van der Waals surface area contributed by atoms with Crippen molar-refractivity contribution in [2.24, 2.45) is 0 Å². The molecule has 0 saturated carbocycles. The fraction of sp³-hybridized carbons (Fsp3) is 0.700. The summed E-state index contributed by atoms with van der Waals surface area (Å²) in [6.07, 6.45) is 0.233. The van der Waals surface area contributed by atoms with Gasteiger partial charge in [0.25, 0.3) is 0 Å². The SMILES string of the molecule is CC1CN(c2nc(Cl)cs2)CC(C)(C)O1. The van der Waals surface area contributed by atoms with Crippen LogP contribution in [0.5, 0.6) is 0 Å². The van der Waals surface area contributed by atoms with E-state index in [2.05, 4.69) is 30.7 Å². The highest BCUT2D eigenvalue weighted by atomic mass is 35.5. The summed E-state index contributed by atoms with van der Waals surface area (Å²) in [6.45, 7) is 8.04. The van der Waals surface area contributed by atoms with E-state index >= 15 is 0 Å². The van der Waals surface area contributed by atoms with Crippen LogP contribution >= 0.6 is 22.9 Å². The summed E-state index contributed by atoms with van der Waals surface area (Å²) < 4.78 is 5.83. The van der Waals surface area contributed by atoms with Crippen LogP contribution in [0, 0.1) is 0 Å². The number of nitrogens with zero attached hydrogens (tertiary/aromatic N) is 2. The second-order valence-electron chi connectivity index (χ2n) is 4.52. The first-order chi connectivity index (χ1) is 6.96. The summed E-state index contributed by atoms with van der Waals surface area (Å²) in [5.74, 6) is 0. The number of hydrogen-bond acceptors (Lipinski definition) is 4. The summed E-state index contributed by atoms with van der Waals surface area (Å²) in [6, 6.07) is 0. The molecule has 0 aromatic carbocycles. The Balaban J connectivity index is 2.16. The molecule has 1 saturated heterocycles. The Morgan fingerprint density at radius 1 is 1.67 bits per heavy atom. The van der Waals surface area contributed by atoms with Gasteiger partial charge in [-0.05, 0) is 20.8 Å². The number of ether oxygens (including phenoxy) is 1. The molecule has 3 nitrogen and oxygen atoms in total. The summed E-state index contributed by atoms with van der Waals surface area (Å²) >= 11 is 7.41. The van der Waals surface area contributed by atoms with Crippen molar-refractivity contribution in [2.45, 2.75) is 32.5 Å². The predicted octanol–water partition coefficient (Wildman–Crippen LogP) is 2.80. The van der Waals surface area contributed by atoms with E-state index in [0.29, 0.717) is 5.15 Å². The topological polar surface area (TPSA) is 25.4 Å². The maximum atomic E-state index is 5.83. The Kier molecular flexibility index (Phi) is 2.92. The lowest BCUT2D eigenvalue weighted by Gasteiger charge is -2.41. The van der Waals surface area contributed by atoms with Gasteiger partial charge in [0.15, 0.2) is 5.13 Å². The minimum absolute atomic E-state index is 0.115.